The van der Waals surface area contributed by atoms with Gasteiger partial charge >= 0.3 is 6.18 Å². The molecule has 0 unspecified atom stereocenters. The number of aliphatic hydroxyl groups excluding tert-OH is 1. The first-order chi connectivity index (χ1) is 15.3. The highest BCUT2D eigenvalue weighted by molar-refractivity contribution is 5.81. The van der Waals surface area contributed by atoms with Crippen LogP contribution in [0.15, 0.2) is 30.5 Å². The number of likely N-dealkylation sites (tertiary alicyclic amines) is 1. The van der Waals surface area contributed by atoms with Crippen LogP contribution in [0, 0.1) is 5.82 Å². The molecule has 1 aliphatic rings. The standard InChI is InChI=1S/C21H23F4N5O2/c1-32-14-4-5-15(16(11-14)21(23,24)25)18-19-17(22)6-8-30(19)20(28-27-18)26-13-3-2-7-29(12-13)9-10-31/h4-6,8,11,13,31H,2-3,7,9-10,12H2,1H3,(H,26,28)/t13-/m1/s1. The van der Waals surface area contributed by atoms with E-state index in [2.05, 4.69) is 20.4 Å². The van der Waals surface area contributed by atoms with Crippen molar-refractivity contribution >= 4 is 11.5 Å². The van der Waals surface area contributed by atoms with Crippen molar-refractivity contribution in [3.8, 4) is 17.0 Å². The number of hydrogen-bond acceptors (Lipinski definition) is 6. The predicted octanol–water partition coefficient (Wildman–Crippen LogP) is 3.43. The third-order valence-electron chi connectivity index (χ3n) is 5.58. The number of aliphatic hydroxyl groups is 1. The molecule has 0 radical (unpaired) electrons. The van der Waals surface area contributed by atoms with Crippen LogP contribution in [0.2, 0.25) is 0 Å². The molecule has 1 saturated heterocycles. The molecule has 0 bridgehead atoms. The number of benzene rings is 1. The fraction of sp³-hybridized carbons (Fsp3) is 0.429. The van der Waals surface area contributed by atoms with Gasteiger partial charge in [-0.25, -0.2) is 4.39 Å². The molecule has 0 amide bonds. The lowest BCUT2D eigenvalue weighted by Gasteiger charge is -2.32. The molecule has 0 aliphatic carbocycles. The smallest absolute Gasteiger partial charge is 0.417 e. The van der Waals surface area contributed by atoms with Crippen molar-refractivity contribution in [2.75, 3.05) is 38.7 Å². The number of nitrogens with zero attached hydrogens (tertiary/aromatic N) is 4. The summed E-state index contributed by atoms with van der Waals surface area (Å²) >= 11 is 0. The first-order valence-electron chi connectivity index (χ1n) is 10.2. The summed E-state index contributed by atoms with van der Waals surface area (Å²) in [6, 6.07) is 4.59. The SMILES string of the molecule is COc1ccc(-c2nnc(N[C@@H]3CCCN(CCO)C3)n3ccc(F)c23)c(C(F)(F)F)c1. The fourth-order valence-corrected chi connectivity index (χ4v) is 4.08. The third kappa shape index (κ3) is 4.35. The van der Waals surface area contributed by atoms with Crippen LogP contribution in [0.4, 0.5) is 23.5 Å². The van der Waals surface area contributed by atoms with E-state index < -0.39 is 17.6 Å². The lowest BCUT2D eigenvalue weighted by Crippen LogP contribution is -2.43. The first-order valence-corrected chi connectivity index (χ1v) is 10.2. The van der Waals surface area contributed by atoms with E-state index in [9.17, 15) is 22.7 Å². The molecule has 4 rings (SSSR count). The highest BCUT2D eigenvalue weighted by atomic mass is 19.4. The van der Waals surface area contributed by atoms with Crippen molar-refractivity contribution in [1.29, 1.82) is 0 Å². The topological polar surface area (TPSA) is 74.9 Å². The van der Waals surface area contributed by atoms with Crippen LogP contribution in [-0.2, 0) is 6.18 Å². The van der Waals surface area contributed by atoms with Crippen LogP contribution >= 0.6 is 0 Å². The monoisotopic (exact) mass is 453 g/mol. The zero-order valence-electron chi connectivity index (χ0n) is 17.4. The molecule has 0 spiro atoms. The molecule has 7 nitrogen and oxygen atoms in total. The maximum absolute atomic E-state index is 14.7. The van der Waals surface area contributed by atoms with E-state index in [1.165, 1.54) is 35.9 Å². The number of fused-ring (bicyclic) bond motifs is 1. The van der Waals surface area contributed by atoms with Gasteiger partial charge in [-0.15, -0.1) is 10.2 Å². The summed E-state index contributed by atoms with van der Waals surface area (Å²) in [6.45, 7) is 2.13. The number of ether oxygens (including phenoxy) is 1. The Morgan fingerprint density at radius 1 is 1.25 bits per heavy atom. The number of aromatic nitrogens is 3. The molecule has 2 aromatic heterocycles. The Balaban J connectivity index is 1.75. The summed E-state index contributed by atoms with van der Waals surface area (Å²) in [4.78, 5) is 2.10. The van der Waals surface area contributed by atoms with Crippen LogP contribution < -0.4 is 10.1 Å². The van der Waals surface area contributed by atoms with E-state index in [-0.39, 0.29) is 41.1 Å². The lowest BCUT2D eigenvalue weighted by atomic mass is 10.0. The van der Waals surface area contributed by atoms with Gasteiger partial charge in [0.1, 0.15) is 17.0 Å². The van der Waals surface area contributed by atoms with E-state index in [1.54, 1.807) is 0 Å². The second-order valence-corrected chi connectivity index (χ2v) is 7.67. The molecule has 2 N–H and O–H groups in total. The van der Waals surface area contributed by atoms with E-state index in [0.29, 0.717) is 13.1 Å². The minimum atomic E-state index is -4.69. The highest BCUT2D eigenvalue weighted by Crippen LogP contribution is 2.40. The van der Waals surface area contributed by atoms with Gasteiger partial charge < -0.3 is 15.2 Å². The summed E-state index contributed by atoms with van der Waals surface area (Å²) in [7, 11) is 1.27. The van der Waals surface area contributed by atoms with Crippen molar-refractivity contribution in [3.63, 3.8) is 0 Å². The Labute approximate surface area is 181 Å². The molecule has 32 heavy (non-hydrogen) atoms. The fourth-order valence-electron chi connectivity index (χ4n) is 4.08. The zero-order valence-corrected chi connectivity index (χ0v) is 17.4. The number of nitrogens with one attached hydrogen (secondary N) is 1. The number of β-amino-alcohol motifs (C(OH)–C–C–N with tert-alkyl or cyclic N) is 1. The number of halogens is 4. The summed E-state index contributed by atoms with van der Waals surface area (Å²) in [5, 5.41) is 20.5. The van der Waals surface area contributed by atoms with Crippen LogP contribution in [0.25, 0.3) is 16.8 Å². The van der Waals surface area contributed by atoms with Crippen LogP contribution in [0.5, 0.6) is 5.75 Å². The minimum Gasteiger partial charge on any atom is -0.497 e. The molecule has 11 heteroatoms. The Hall–Kier alpha value is -2.92. The summed E-state index contributed by atoms with van der Waals surface area (Å²) in [5.41, 5.74) is -1.58. The molecule has 1 aromatic carbocycles. The summed E-state index contributed by atoms with van der Waals surface area (Å²) in [6.07, 6.45) is -1.53. The van der Waals surface area contributed by atoms with E-state index in [1.807, 2.05) is 0 Å². The number of alkyl halides is 3. The van der Waals surface area contributed by atoms with E-state index in [4.69, 9.17) is 4.74 Å². The molecule has 1 fully saturated rings. The van der Waals surface area contributed by atoms with Crippen molar-refractivity contribution in [3.05, 3.63) is 41.8 Å². The number of rotatable bonds is 6. The van der Waals surface area contributed by atoms with Crippen molar-refractivity contribution in [1.82, 2.24) is 19.5 Å². The minimum absolute atomic E-state index is 0.0177. The third-order valence-corrected chi connectivity index (χ3v) is 5.58. The summed E-state index contributed by atoms with van der Waals surface area (Å²) < 4.78 is 62.2. The van der Waals surface area contributed by atoms with Gasteiger partial charge in [0, 0.05) is 30.9 Å². The highest BCUT2D eigenvalue weighted by Gasteiger charge is 2.35. The van der Waals surface area contributed by atoms with Gasteiger partial charge in [-0.05, 0) is 43.7 Å². The first kappa shape index (κ1) is 22.3. The molecular formula is C21H23F4N5O2. The average molecular weight is 453 g/mol. The Kier molecular flexibility index (Phi) is 6.20. The van der Waals surface area contributed by atoms with Crippen molar-refractivity contribution in [2.45, 2.75) is 25.1 Å². The van der Waals surface area contributed by atoms with Crippen molar-refractivity contribution in [2.24, 2.45) is 0 Å². The molecule has 0 saturated carbocycles. The van der Waals surface area contributed by atoms with Crippen molar-refractivity contribution < 1.29 is 27.4 Å². The quantitative estimate of drug-likeness (QED) is 0.557. The van der Waals surface area contributed by atoms with Gasteiger partial charge in [0.2, 0.25) is 5.95 Å². The average Bonchev–Trinajstić information content (AvgIpc) is 3.16. The zero-order chi connectivity index (χ0) is 22.9. The Bertz CT molecular complexity index is 1100. The molecule has 172 valence electrons. The summed E-state index contributed by atoms with van der Waals surface area (Å²) in [5.74, 6) is -0.429. The van der Waals surface area contributed by atoms with E-state index in [0.717, 1.165) is 25.5 Å². The number of hydrogen-bond donors (Lipinski definition) is 2. The second-order valence-electron chi connectivity index (χ2n) is 7.67. The second kappa shape index (κ2) is 8.91. The van der Waals surface area contributed by atoms with Gasteiger partial charge in [-0.2, -0.15) is 13.2 Å². The van der Waals surface area contributed by atoms with E-state index >= 15 is 0 Å². The Morgan fingerprint density at radius 2 is 2.06 bits per heavy atom. The molecule has 1 aliphatic heterocycles. The van der Waals surface area contributed by atoms with Crippen LogP contribution in [0.3, 0.4) is 0 Å². The molecular weight excluding hydrogens is 430 g/mol. The molecule has 3 aromatic rings. The molecule has 3 heterocycles. The lowest BCUT2D eigenvalue weighted by molar-refractivity contribution is -0.137. The largest absolute Gasteiger partial charge is 0.497 e. The number of anilines is 1. The normalized spacial score (nSPS) is 17.6. The maximum atomic E-state index is 14.7. The molecule has 1 atom stereocenters. The number of piperidine rings is 1. The van der Waals surface area contributed by atoms with Gasteiger partial charge in [0.15, 0.2) is 5.82 Å². The predicted molar refractivity (Wildman–Crippen MR) is 110 cm³/mol. The Morgan fingerprint density at radius 3 is 2.78 bits per heavy atom. The van der Waals surface area contributed by atoms with Gasteiger partial charge in [-0.3, -0.25) is 9.30 Å². The van der Waals surface area contributed by atoms with Crippen LogP contribution in [0.1, 0.15) is 18.4 Å². The van der Waals surface area contributed by atoms with Gasteiger partial charge in [0.05, 0.1) is 19.3 Å². The van der Waals surface area contributed by atoms with Gasteiger partial charge in [-0.1, -0.05) is 0 Å². The van der Waals surface area contributed by atoms with Crippen LogP contribution in [-0.4, -0.2) is 64.0 Å². The van der Waals surface area contributed by atoms with Gasteiger partial charge in [0.25, 0.3) is 0 Å². The maximum Gasteiger partial charge on any atom is 0.417 e. The number of methoxy groups -OCH3 is 1.